The Morgan fingerprint density at radius 3 is 2.75 bits per heavy atom. The highest BCUT2D eigenvalue weighted by atomic mass is 32.1. The van der Waals surface area contributed by atoms with Crippen molar-refractivity contribution in [3.63, 3.8) is 0 Å². The molecule has 1 aliphatic rings. The fourth-order valence-electron chi connectivity index (χ4n) is 3.90. The van der Waals surface area contributed by atoms with Crippen molar-refractivity contribution >= 4 is 22.9 Å². The predicted octanol–water partition coefficient (Wildman–Crippen LogP) is 5.58. The highest BCUT2D eigenvalue weighted by Crippen LogP contribution is 2.38. The zero-order chi connectivity index (χ0) is 22.2. The molecule has 0 atom stereocenters. The fourth-order valence-corrected chi connectivity index (χ4v) is 4.96. The molecule has 2 aromatic heterocycles. The van der Waals surface area contributed by atoms with Gasteiger partial charge in [-0.2, -0.15) is 0 Å². The van der Waals surface area contributed by atoms with Crippen LogP contribution >= 0.6 is 11.3 Å². The van der Waals surface area contributed by atoms with Crippen molar-refractivity contribution in [3.05, 3.63) is 82.5 Å². The smallest absolute Gasteiger partial charge is 0.284 e. The first-order valence-corrected chi connectivity index (χ1v) is 11.3. The Bertz CT molecular complexity index is 1310. The van der Waals surface area contributed by atoms with Crippen LogP contribution in [-0.4, -0.2) is 20.4 Å². The van der Waals surface area contributed by atoms with E-state index in [-0.39, 0.29) is 5.01 Å². The van der Waals surface area contributed by atoms with Crippen LogP contribution < -0.4 is 5.32 Å². The van der Waals surface area contributed by atoms with E-state index >= 15 is 0 Å². The van der Waals surface area contributed by atoms with Crippen LogP contribution in [0.25, 0.3) is 16.1 Å². The maximum Gasteiger partial charge on any atom is 0.284 e. The molecule has 4 aromatic rings. The van der Waals surface area contributed by atoms with Crippen LogP contribution in [0, 0.1) is 11.6 Å². The number of nitrogens with one attached hydrogen (secondary N) is 1. The van der Waals surface area contributed by atoms with Crippen LogP contribution in [0.15, 0.2) is 48.9 Å². The highest BCUT2D eigenvalue weighted by Gasteiger charge is 2.24. The van der Waals surface area contributed by atoms with Gasteiger partial charge in [0.05, 0.1) is 22.6 Å². The Kier molecular flexibility index (Phi) is 5.30. The number of thiazole rings is 1. The van der Waals surface area contributed by atoms with E-state index in [0.29, 0.717) is 0 Å². The van der Waals surface area contributed by atoms with Crippen molar-refractivity contribution in [2.24, 2.45) is 0 Å². The van der Waals surface area contributed by atoms with Gasteiger partial charge in [0.2, 0.25) is 0 Å². The molecule has 0 unspecified atom stereocenters. The summed E-state index contributed by atoms with van der Waals surface area (Å²) in [5.41, 5.74) is 4.60. The van der Waals surface area contributed by atoms with Gasteiger partial charge in [0, 0.05) is 11.9 Å². The number of carbonyl (C=O) groups excluding carboxylic acids is 1. The predicted molar refractivity (Wildman–Crippen MR) is 120 cm³/mol. The number of fused-ring (bicyclic) bond motifs is 3. The Hall–Kier alpha value is -3.39. The van der Waals surface area contributed by atoms with Crippen LogP contribution in [0.2, 0.25) is 0 Å². The molecule has 0 bridgehead atoms. The third-order valence-corrected chi connectivity index (χ3v) is 6.72. The lowest BCUT2D eigenvalue weighted by Crippen LogP contribution is -2.14. The minimum absolute atomic E-state index is 0.187. The van der Waals surface area contributed by atoms with Gasteiger partial charge in [0.1, 0.15) is 17.3 Å². The summed E-state index contributed by atoms with van der Waals surface area (Å²) in [5, 5.41) is 2.52. The summed E-state index contributed by atoms with van der Waals surface area (Å²) in [4.78, 5) is 22.6. The Balaban J connectivity index is 1.51. The molecule has 0 spiro atoms. The molecule has 0 aliphatic heterocycles. The number of hydrogen-bond donors (Lipinski definition) is 1. The van der Waals surface area contributed by atoms with E-state index in [0.717, 1.165) is 65.3 Å². The Labute approximate surface area is 187 Å². The molecule has 2 heterocycles. The van der Waals surface area contributed by atoms with Gasteiger partial charge in [-0.15, -0.1) is 11.3 Å². The first-order chi connectivity index (χ1) is 15.5. The molecule has 162 valence electrons. The molecule has 8 heteroatoms. The number of nitrogens with zero attached hydrogens (tertiary/aromatic N) is 3. The second-order valence-electron chi connectivity index (χ2n) is 7.67. The number of halogens is 2. The summed E-state index contributed by atoms with van der Waals surface area (Å²) in [5.74, 6) is -2.26. The summed E-state index contributed by atoms with van der Waals surface area (Å²) in [6.45, 7) is 2.06. The minimum atomic E-state index is -0.821. The summed E-state index contributed by atoms with van der Waals surface area (Å²) in [7, 11) is 0. The molecule has 0 radical (unpaired) electrons. The van der Waals surface area contributed by atoms with E-state index in [1.165, 1.54) is 23.0 Å². The van der Waals surface area contributed by atoms with Gasteiger partial charge in [-0.25, -0.2) is 18.7 Å². The Morgan fingerprint density at radius 2 is 2.00 bits per heavy atom. The molecule has 1 N–H and O–H groups in total. The van der Waals surface area contributed by atoms with E-state index in [1.54, 1.807) is 6.33 Å². The second-order valence-corrected chi connectivity index (χ2v) is 8.67. The van der Waals surface area contributed by atoms with Gasteiger partial charge in [0.15, 0.2) is 5.01 Å². The maximum absolute atomic E-state index is 14.0. The van der Waals surface area contributed by atoms with Gasteiger partial charge in [0.25, 0.3) is 5.91 Å². The number of aryl methyl sites for hydroxylation is 3. The number of para-hydroxylation sites is 1. The summed E-state index contributed by atoms with van der Waals surface area (Å²) >= 11 is 1.25. The van der Waals surface area contributed by atoms with Crippen LogP contribution in [0.3, 0.4) is 0 Å². The summed E-state index contributed by atoms with van der Waals surface area (Å²) in [6, 6.07) is 9.74. The number of carbonyl (C=O) groups is 1. The van der Waals surface area contributed by atoms with E-state index < -0.39 is 23.2 Å². The average Bonchev–Trinajstić information content (AvgIpc) is 3.41. The molecule has 32 heavy (non-hydrogen) atoms. The van der Waals surface area contributed by atoms with Gasteiger partial charge >= 0.3 is 0 Å². The largest absolute Gasteiger partial charge is 0.315 e. The lowest BCUT2D eigenvalue weighted by Gasteiger charge is -2.09. The topological polar surface area (TPSA) is 59.8 Å². The monoisotopic (exact) mass is 450 g/mol. The molecule has 1 aliphatic carbocycles. The van der Waals surface area contributed by atoms with Gasteiger partial charge < -0.3 is 9.88 Å². The number of benzene rings is 2. The van der Waals surface area contributed by atoms with Gasteiger partial charge in [-0.05, 0) is 61.1 Å². The summed E-state index contributed by atoms with van der Waals surface area (Å²) < 4.78 is 29.9. The normalized spacial score (nSPS) is 12.7. The summed E-state index contributed by atoms with van der Waals surface area (Å²) in [6.07, 6.45) is 7.24. The minimum Gasteiger partial charge on any atom is -0.315 e. The third-order valence-electron chi connectivity index (χ3n) is 5.59. The molecule has 2 aromatic carbocycles. The maximum atomic E-state index is 14.0. The average molecular weight is 451 g/mol. The van der Waals surface area contributed by atoms with Crippen molar-refractivity contribution in [3.8, 4) is 16.1 Å². The van der Waals surface area contributed by atoms with Gasteiger partial charge in [-0.3, -0.25) is 4.79 Å². The number of amides is 1. The molecule has 5 nitrogen and oxygen atoms in total. The molecule has 1 amide bonds. The standard InChI is InChI=1S/C24H20F2N4OS/c1-2-15-12-30(13-27-15)16-10-9-14-5-3-8-20-22(17(14)11-16)32-24(28-20)23(31)29-21-18(25)6-4-7-19(21)26/h4,6-7,9-13H,2-3,5,8H2,1H3,(H,29,31). The number of imidazole rings is 1. The van der Waals surface area contributed by atoms with E-state index in [1.807, 2.05) is 10.8 Å². The van der Waals surface area contributed by atoms with Crippen molar-refractivity contribution in [2.45, 2.75) is 32.6 Å². The zero-order valence-electron chi connectivity index (χ0n) is 17.4. The van der Waals surface area contributed by atoms with E-state index in [4.69, 9.17) is 0 Å². The van der Waals surface area contributed by atoms with Crippen molar-refractivity contribution in [1.82, 2.24) is 14.5 Å². The van der Waals surface area contributed by atoms with Gasteiger partial charge in [-0.1, -0.05) is 19.1 Å². The lowest BCUT2D eigenvalue weighted by molar-refractivity contribution is 0.102. The fraction of sp³-hybridized carbons (Fsp3) is 0.208. The highest BCUT2D eigenvalue weighted by molar-refractivity contribution is 7.17. The third kappa shape index (κ3) is 3.71. The molecule has 0 fully saturated rings. The van der Waals surface area contributed by atoms with Crippen LogP contribution in [0.5, 0.6) is 0 Å². The Morgan fingerprint density at radius 1 is 1.19 bits per heavy atom. The first kappa shape index (κ1) is 20.5. The van der Waals surface area contributed by atoms with Crippen molar-refractivity contribution in [2.75, 3.05) is 5.32 Å². The van der Waals surface area contributed by atoms with E-state index in [9.17, 15) is 13.6 Å². The molecular formula is C24H20F2N4OS. The lowest BCUT2D eigenvalue weighted by atomic mass is 10.0. The van der Waals surface area contributed by atoms with Crippen molar-refractivity contribution < 1.29 is 13.6 Å². The second kappa shape index (κ2) is 8.27. The zero-order valence-corrected chi connectivity index (χ0v) is 18.2. The van der Waals surface area contributed by atoms with Crippen LogP contribution in [0.1, 0.15) is 40.1 Å². The molecular weight excluding hydrogens is 430 g/mol. The molecule has 0 saturated carbocycles. The number of aromatic nitrogens is 3. The quantitative estimate of drug-likeness (QED) is 0.442. The van der Waals surface area contributed by atoms with Crippen molar-refractivity contribution in [1.29, 1.82) is 0 Å². The van der Waals surface area contributed by atoms with E-state index in [2.05, 4.69) is 40.4 Å². The number of rotatable bonds is 4. The molecule has 0 saturated heterocycles. The van der Waals surface area contributed by atoms with Crippen LogP contribution in [0.4, 0.5) is 14.5 Å². The van der Waals surface area contributed by atoms with Crippen LogP contribution in [-0.2, 0) is 19.3 Å². The first-order valence-electron chi connectivity index (χ1n) is 10.4. The molecule has 5 rings (SSSR count). The number of hydrogen-bond acceptors (Lipinski definition) is 4. The number of anilines is 1. The SMILES string of the molecule is CCc1cn(-c2ccc3c(c2)-c2sc(C(=O)Nc4c(F)cccc4F)nc2CCC3)cn1.